The fraction of sp³-hybridized carbons (Fsp3) is 0.333. The van der Waals surface area contributed by atoms with E-state index in [-0.39, 0.29) is 37.6 Å². The van der Waals surface area contributed by atoms with Gasteiger partial charge in [-0.25, -0.2) is 0 Å². The summed E-state index contributed by atoms with van der Waals surface area (Å²) in [5.74, 6) is 0.807. The minimum absolute atomic E-state index is 0.0751. The Morgan fingerprint density at radius 3 is 2.38 bits per heavy atom. The second-order valence-electron chi connectivity index (χ2n) is 9.99. The highest BCUT2D eigenvalue weighted by molar-refractivity contribution is 6.37. The average Bonchev–Trinajstić information content (AvgIpc) is 3.76. The highest BCUT2D eigenvalue weighted by atomic mass is 35.5. The molecular weight excluding hydrogens is 573 g/mol. The maximum atomic E-state index is 13.8. The molecule has 1 saturated carbocycles. The number of piperazine rings is 1. The number of hydrogen-bond donors (Lipinski definition) is 1. The van der Waals surface area contributed by atoms with Crippen LogP contribution < -0.4 is 19.7 Å². The highest BCUT2D eigenvalue weighted by Gasteiger charge is 2.41. The number of ether oxygens (including phenoxy) is 2. The van der Waals surface area contributed by atoms with E-state index in [1.54, 1.807) is 41.3 Å². The molecule has 0 spiro atoms. The lowest BCUT2D eigenvalue weighted by atomic mass is 10.1. The first-order chi connectivity index (χ1) is 19.3. The van der Waals surface area contributed by atoms with E-state index in [9.17, 15) is 9.59 Å². The predicted molar refractivity (Wildman–Crippen MR) is 158 cm³/mol. The van der Waals surface area contributed by atoms with E-state index < -0.39 is 6.04 Å². The molecule has 1 aliphatic heterocycles. The van der Waals surface area contributed by atoms with Crippen molar-refractivity contribution in [1.29, 1.82) is 0 Å². The van der Waals surface area contributed by atoms with Gasteiger partial charge >= 0.3 is 0 Å². The highest BCUT2D eigenvalue weighted by Crippen LogP contribution is 2.34. The molecule has 1 saturated heterocycles. The van der Waals surface area contributed by atoms with Crippen LogP contribution in [0.4, 0.5) is 5.69 Å². The summed E-state index contributed by atoms with van der Waals surface area (Å²) in [6.45, 7) is 3.43. The molecule has 1 aliphatic carbocycles. The third-order valence-electron chi connectivity index (χ3n) is 6.85. The molecule has 2 amide bonds. The van der Waals surface area contributed by atoms with Crippen LogP contribution in [0.25, 0.3) is 0 Å². The van der Waals surface area contributed by atoms with Gasteiger partial charge in [0.25, 0.3) is 0 Å². The van der Waals surface area contributed by atoms with E-state index in [0.717, 1.165) is 24.0 Å². The minimum Gasteiger partial charge on any atom is -0.490 e. The zero-order chi connectivity index (χ0) is 28.2. The Bertz CT molecular complexity index is 1360. The molecule has 1 heterocycles. The molecule has 0 radical (unpaired) electrons. The maximum absolute atomic E-state index is 13.8. The van der Waals surface area contributed by atoms with Crippen molar-refractivity contribution in [1.82, 2.24) is 10.2 Å². The Morgan fingerprint density at radius 2 is 1.70 bits per heavy atom. The number of anilines is 1. The van der Waals surface area contributed by atoms with Crippen LogP contribution in [0, 0.1) is 6.92 Å². The summed E-state index contributed by atoms with van der Waals surface area (Å²) in [6.07, 6.45) is 1.91. The monoisotopic (exact) mass is 601 g/mol. The molecule has 0 unspecified atom stereocenters. The van der Waals surface area contributed by atoms with Gasteiger partial charge in [-0.2, -0.15) is 0 Å². The zero-order valence-electron chi connectivity index (χ0n) is 22.0. The Hall–Kier alpha value is -2.97. The Labute approximate surface area is 248 Å². The maximum Gasteiger partial charge on any atom is 0.247 e. The van der Waals surface area contributed by atoms with Crippen LogP contribution in [0.15, 0.2) is 60.7 Å². The van der Waals surface area contributed by atoms with Gasteiger partial charge in [0.05, 0.1) is 16.6 Å². The van der Waals surface area contributed by atoms with Crippen molar-refractivity contribution in [2.45, 2.75) is 38.4 Å². The number of carbonyl (C=O) groups excluding carboxylic acids is 2. The number of benzene rings is 3. The molecule has 2 fully saturated rings. The van der Waals surface area contributed by atoms with Gasteiger partial charge in [0.2, 0.25) is 11.8 Å². The molecular formula is C30H30Cl3N3O4. The van der Waals surface area contributed by atoms with Crippen LogP contribution in [-0.4, -0.2) is 55.1 Å². The summed E-state index contributed by atoms with van der Waals surface area (Å²) in [4.78, 5) is 30.3. The number of nitrogens with zero attached hydrogens (tertiary/aromatic N) is 2. The molecule has 10 heteroatoms. The molecule has 40 heavy (non-hydrogen) atoms. The molecule has 2 aliphatic rings. The third-order valence-corrected chi connectivity index (χ3v) is 7.64. The number of hydrogen-bond acceptors (Lipinski definition) is 5. The Morgan fingerprint density at radius 1 is 1.00 bits per heavy atom. The summed E-state index contributed by atoms with van der Waals surface area (Å²) in [6, 6.07) is 17.8. The fourth-order valence-corrected chi connectivity index (χ4v) is 5.73. The molecule has 3 aromatic carbocycles. The van der Waals surface area contributed by atoms with E-state index in [0.29, 0.717) is 45.3 Å². The van der Waals surface area contributed by atoms with Crippen molar-refractivity contribution in [2.24, 2.45) is 0 Å². The van der Waals surface area contributed by atoms with Crippen molar-refractivity contribution in [3.63, 3.8) is 0 Å². The summed E-state index contributed by atoms with van der Waals surface area (Å²) < 4.78 is 11.5. The number of halogens is 3. The average molecular weight is 603 g/mol. The Balaban J connectivity index is 1.23. The normalized spacial score (nSPS) is 17.1. The van der Waals surface area contributed by atoms with Crippen LogP contribution in [0.1, 0.15) is 24.0 Å². The molecule has 1 atom stereocenters. The largest absolute Gasteiger partial charge is 0.490 e. The lowest BCUT2D eigenvalue weighted by Crippen LogP contribution is -2.61. The SMILES string of the molecule is Cc1cc(Cl)c(OCCOc2ccc(N3C(=O)CNC[C@@H]3C(=O)N(Cc3cccc(Cl)c3)C3CC3)cc2)c(Cl)c1. The van der Waals surface area contributed by atoms with E-state index in [1.165, 1.54) is 0 Å². The van der Waals surface area contributed by atoms with Gasteiger partial charge in [-0.1, -0.05) is 46.9 Å². The summed E-state index contributed by atoms with van der Waals surface area (Å²) in [5, 5.41) is 4.64. The number of carbonyl (C=O) groups is 2. The van der Waals surface area contributed by atoms with Gasteiger partial charge in [0, 0.05) is 29.8 Å². The first-order valence-electron chi connectivity index (χ1n) is 13.2. The topological polar surface area (TPSA) is 71.1 Å². The van der Waals surface area contributed by atoms with E-state index in [1.807, 2.05) is 36.1 Å². The number of rotatable bonds is 10. The van der Waals surface area contributed by atoms with Crippen LogP contribution in [0.5, 0.6) is 11.5 Å². The molecule has 0 bridgehead atoms. The lowest BCUT2D eigenvalue weighted by molar-refractivity contribution is -0.136. The molecule has 1 N–H and O–H groups in total. The van der Waals surface area contributed by atoms with E-state index in [2.05, 4.69) is 5.32 Å². The number of nitrogens with one attached hydrogen (secondary N) is 1. The van der Waals surface area contributed by atoms with E-state index >= 15 is 0 Å². The third kappa shape index (κ3) is 6.84. The van der Waals surface area contributed by atoms with Crippen molar-refractivity contribution < 1.29 is 19.1 Å². The van der Waals surface area contributed by atoms with Gasteiger partial charge in [-0.15, -0.1) is 0 Å². The minimum atomic E-state index is -0.648. The van der Waals surface area contributed by atoms with Crippen molar-refractivity contribution in [3.8, 4) is 11.5 Å². The summed E-state index contributed by atoms with van der Waals surface area (Å²) >= 11 is 18.6. The number of aryl methyl sites for hydroxylation is 1. The van der Waals surface area contributed by atoms with Crippen molar-refractivity contribution >= 4 is 52.3 Å². The van der Waals surface area contributed by atoms with Crippen LogP contribution in [-0.2, 0) is 16.1 Å². The van der Waals surface area contributed by atoms with Crippen molar-refractivity contribution in [2.75, 3.05) is 31.2 Å². The smallest absolute Gasteiger partial charge is 0.247 e. The molecule has 210 valence electrons. The second-order valence-corrected chi connectivity index (χ2v) is 11.2. The molecule has 7 nitrogen and oxygen atoms in total. The quantitative estimate of drug-likeness (QED) is 0.292. The van der Waals surface area contributed by atoms with Crippen LogP contribution in [0.2, 0.25) is 15.1 Å². The first-order valence-corrected chi connectivity index (χ1v) is 14.3. The van der Waals surface area contributed by atoms with Crippen LogP contribution >= 0.6 is 34.8 Å². The fourth-order valence-electron chi connectivity index (χ4n) is 4.82. The van der Waals surface area contributed by atoms with Gasteiger partial charge in [0.1, 0.15) is 25.0 Å². The second kappa shape index (κ2) is 12.7. The zero-order valence-corrected chi connectivity index (χ0v) is 24.3. The Kier molecular flexibility index (Phi) is 9.06. The van der Waals surface area contributed by atoms with Gasteiger partial charge in [-0.3, -0.25) is 14.5 Å². The van der Waals surface area contributed by atoms with Crippen LogP contribution in [0.3, 0.4) is 0 Å². The van der Waals surface area contributed by atoms with Gasteiger partial charge in [-0.05, 0) is 79.4 Å². The summed E-state index contributed by atoms with van der Waals surface area (Å²) in [7, 11) is 0. The van der Waals surface area contributed by atoms with Crippen molar-refractivity contribution in [3.05, 3.63) is 86.9 Å². The van der Waals surface area contributed by atoms with Gasteiger partial charge in [0.15, 0.2) is 5.75 Å². The van der Waals surface area contributed by atoms with E-state index in [4.69, 9.17) is 44.3 Å². The molecule has 5 rings (SSSR count). The number of amides is 2. The lowest BCUT2D eigenvalue weighted by Gasteiger charge is -2.38. The predicted octanol–water partition coefficient (Wildman–Crippen LogP) is 5.91. The summed E-state index contributed by atoms with van der Waals surface area (Å²) in [5.41, 5.74) is 2.56. The molecule has 3 aromatic rings. The van der Waals surface area contributed by atoms with Gasteiger partial charge < -0.3 is 19.7 Å². The standard InChI is InChI=1S/C30H30Cl3N3O4/c1-19-13-25(32)29(26(33)14-19)40-12-11-39-24-9-7-23(8-10-24)36-27(16-34-17-28(36)37)30(38)35(22-5-6-22)18-20-3-2-4-21(31)15-20/h2-4,7-10,13-15,22,27,34H,5-6,11-12,16-18H2,1H3/t27-/m1/s1. The first kappa shape index (κ1) is 28.6. The molecule has 0 aromatic heterocycles.